The van der Waals surface area contributed by atoms with E-state index in [1.54, 1.807) is 24.4 Å². The molecule has 3 N–H and O–H groups in total. The number of carbonyl (C=O) groups excluding carboxylic acids is 1. The van der Waals surface area contributed by atoms with E-state index >= 15 is 0 Å². The first-order valence-electron chi connectivity index (χ1n) is 11.6. The summed E-state index contributed by atoms with van der Waals surface area (Å²) in [6.07, 6.45) is 5.07. The number of halogens is 1. The Morgan fingerprint density at radius 1 is 1.14 bits per heavy atom. The third-order valence-electron chi connectivity index (χ3n) is 6.69. The summed E-state index contributed by atoms with van der Waals surface area (Å²) in [5, 5.41) is 3.53. The summed E-state index contributed by atoms with van der Waals surface area (Å²) in [7, 11) is 0. The molecule has 3 aromatic heterocycles. The quantitative estimate of drug-likeness (QED) is 0.318. The number of rotatable bonds is 5. The van der Waals surface area contributed by atoms with Crippen LogP contribution in [0.25, 0.3) is 5.65 Å². The number of aromatic nitrogens is 3. The van der Waals surface area contributed by atoms with Gasteiger partial charge in [-0.15, -0.1) is 0 Å². The summed E-state index contributed by atoms with van der Waals surface area (Å²) < 4.78 is 7.21. The van der Waals surface area contributed by atoms with Crippen molar-refractivity contribution in [3.05, 3.63) is 82.9 Å². The lowest BCUT2D eigenvalue weighted by molar-refractivity contribution is -0.127. The van der Waals surface area contributed by atoms with Gasteiger partial charge in [0.25, 0.3) is 5.91 Å². The van der Waals surface area contributed by atoms with Crippen LogP contribution >= 0.6 is 11.6 Å². The zero-order valence-electron chi connectivity index (χ0n) is 19.6. The Kier molecular flexibility index (Phi) is 5.39. The number of imidazole rings is 1. The van der Waals surface area contributed by atoms with Gasteiger partial charge in [0, 0.05) is 36.7 Å². The van der Waals surface area contributed by atoms with Crippen molar-refractivity contribution < 1.29 is 9.53 Å². The smallest absolute Gasteiger partial charge is 0.274 e. The second kappa shape index (κ2) is 8.61. The summed E-state index contributed by atoms with van der Waals surface area (Å²) in [4.78, 5) is 28.5. The number of aryl methyl sites for hydroxylation is 1. The van der Waals surface area contributed by atoms with Crippen molar-refractivity contribution in [3.63, 3.8) is 0 Å². The fourth-order valence-corrected chi connectivity index (χ4v) is 4.68. The zero-order valence-corrected chi connectivity index (χ0v) is 20.4. The summed E-state index contributed by atoms with van der Waals surface area (Å²) in [5.41, 5.74) is 10.9. The highest BCUT2D eigenvalue weighted by atomic mass is 35.5. The number of nitrogens with two attached hydrogens (primary N) is 1. The van der Waals surface area contributed by atoms with Crippen molar-refractivity contribution in [2.75, 3.05) is 36.5 Å². The van der Waals surface area contributed by atoms with Crippen LogP contribution in [0.5, 0.6) is 0 Å². The number of carbonyl (C=O) groups is 1. The standard InChI is InChI=1S/C26H24ClN7O2/c1-16-2-3-17(24(28)32-22-6-4-18(27)9-29-22)8-20(16)31-25(35)21-10-30-23-7-5-19(11-34(21)23)33-12-26(13-33)14-36-15-26/h2-11H,12-15H2,1H3,(H,31,35)(H2,28,29,32). The minimum atomic E-state index is -0.262. The van der Waals surface area contributed by atoms with Gasteiger partial charge in [0.1, 0.15) is 17.2 Å². The monoisotopic (exact) mass is 501 g/mol. The van der Waals surface area contributed by atoms with Gasteiger partial charge < -0.3 is 20.7 Å². The van der Waals surface area contributed by atoms with Gasteiger partial charge >= 0.3 is 0 Å². The average molecular weight is 502 g/mol. The van der Waals surface area contributed by atoms with Crippen molar-refractivity contribution in [2.24, 2.45) is 16.1 Å². The molecule has 2 saturated heterocycles. The van der Waals surface area contributed by atoms with E-state index in [2.05, 4.69) is 25.2 Å². The Morgan fingerprint density at radius 2 is 1.97 bits per heavy atom. The van der Waals surface area contributed by atoms with E-state index in [-0.39, 0.29) is 11.7 Å². The maximum Gasteiger partial charge on any atom is 0.274 e. The number of anilines is 2. The largest absolute Gasteiger partial charge is 0.383 e. The van der Waals surface area contributed by atoms with Crippen molar-refractivity contribution in [3.8, 4) is 0 Å². The van der Waals surface area contributed by atoms with E-state index in [1.165, 1.54) is 6.20 Å². The predicted molar refractivity (Wildman–Crippen MR) is 139 cm³/mol. The molecule has 5 heterocycles. The SMILES string of the molecule is Cc1ccc(C(N)=Nc2ccc(Cl)cn2)cc1NC(=O)c1cnc2ccc(N3CC4(COC4)C3)cn12. The first kappa shape index (κ1) is 22.5. The van der Waals surface area contributed by atoms with Crippen LogP contribution in [0, 0.1) is 12.3 Å². The van der Waals surface area contributed by atoms with Crippen molar-refractivity contribution in [1.82, 2.24) is 14.4 Å². The third kappa shape index (κ3) is 4.06. The van der Waals surface area contributed by atoms with Crippen molar-refractivity contribution >= 4 is 46.2 Å². The number of nitrogens with zero attached hydrogens (tertiary/aromatic N) is 5. The molecule has 0 unspecified atom stereocenters. The van der Waals surface area contributed by atoms with Gasteiger partial charge in [0.15, 0.2) is 5.82 Å². The average Bonchev–Trinajstić information content (AvgIpc) is 3.24. The molecule has 36 heavy (non-hydrogen) atoms. The van der Waals surface area contributed by atoms with Gasteiger partial charge in [-0.25, -0.2) is 15.0 Å². The Balaban J connectivity index is 1.23. The lowest BCUT2D eigenvalue weighted by Gasteiger charge is -2.55. The highest BCUT2D eigenvalue weighted by molar-refractivity contribution is 6.30. The highest BCUT2D eigenvalue weighted by Crippen LogP contribution is 2.40. The molecule has 2 fully saturated rings. The van der Waals surface area contributed by atoms with Crippen LogP contribution in [0.3, 0.4) is 0 Å². The van der Waals surface area contributed by atoms with Crippen LogP contribution < -0.4 is 16.0 Å². The number of hydrogen-bond acceptors (Lipinski definition) is 6. The summed E-state index contributed by atoms with van der Waals surface area (Å²) in [6, 6.07) is 12.9. The number of fused-ring (bicyclic) bond motifs is 1. The number of benzene rings is 1. The number of ether oxygens (including phenoxy) is 1. The first-order chi connectivity index (χ1) is 17.4. The molecule has 6 rings (SSSR count). The lowest BCUT2D eigenvalue weighted by Crippen LogP contribution is -2.66. The number of amidine groups is 1. The Labute approximate surface area is 212 Å². The van der Waals surface area contributed by atoms with Crippen LogP contribution in [0.1, 0.15) is 21.6 Å². The van der Waals surface area contributed by atoms with E-state index in [0.29, 0.717) is 38.8 Å². The molecule has 2 aliphatic rings. The summed E-state index contributed by atoms with van der Waals surface area (Å²) in [5.74, 6) is 0.466. The second-order valence-corrected chi connectivity index (χ2v) is 9.86. The normalized spacial score (nSPS) is 16.6. The van der Waals surface area contributed by atoms with E-state index in [0.717, 1.165) is 37.6 Å². The molecule has 1 aromatic carbocycles. The van der Waals surface area contributed by atoms with Crippen molar-refractivity contribution in [2.45, 2.75) is 6.92 Å². The molecule has 0 atom stereocenters. The van der Waals surface area contributed by atoms with Gasteiger partial charge in [-0.2, -0.15) is 0 Å². The van der Waals surface area contributed by atoms with Crippen LogP contribution in [0.4, 0.5) is 17.2 Å². The molecule has 9 nitrogen and oxygen atoms in total. The molecular formula is C26H24ClN7O2. The predicted octanol–water partition coefficient (Wildman–Crippen LogP) is 3.82. The van der Waals surface area contributed by atoms with Gasteiger partial charge in [-0.3, -0.25) is 9.20 Å². The van der Waals surface area contributed by atoms with Gasteiger partial charge in [-0.05, 0) is 42.8 Å². The number of pyridine rings is 2. The molecule has 1 amide bonds. The van der Waals surface area contributed by atoms with Gasteiger partial charge in [-0.1, -0.05) is 23.7 Å². The molecule has 1 spiro atoms. The Morgan fingerprint density at radius 3 is 2.69 bits per heavy atom. The fraction of sp³-hybridized carbons (Fsp3) is 0.231. The highest BCUT2D eigenvalue weighted by Gasteiger charge is 2.49. The summed E-state index contributed by atoms with van der Waals surface area (Å²) >= 11 is 5.89. The maximum absolute atomic E-state index is 13.3. The molecule has 182 valence electrons. The molecule has 0 aliphatic carbocycles. The number of aliphatic imine (C=N–C) groups is 1. The number of amides is 1. The minimum Gasteiger partial charge on any atom is -0.383 e. The van der Waals surface area contributed by atoms with E-state index < -0.39 is 0 Å². The number of hydrogen-bond donors (Lipinski definition) is 2. The summed E-state index contributed by atoms with van der Waals surface area (Å²) in [6.45, 7) is 5.51. The minimum absolute atomic E-state index is 0.262. The molecular weight excluding hydrogens is 478 g/mol. The van der Waals surface area contributed by atoms with E-state index in [9.17, 15) is 4.79 Å². The first-order valence-corrected chi connectivity index (χ1v) is 11.9. The maximum atomic E-state index is 13.3. The molecule has 0 radical (unpaired) electrons. The van der Waals surface area contributed by atoms with E-state index in [1.807, 2.05) is 41.8 Å². The van der Waals surface area contributed by atoms with Gasteiger partial charge in [0.05, 0.1) is 35.5 Å². The molecule has 4 aromatic rings. The molecule has 0 bridgehead atoms. The third-order valence-corrected chi connectivity index (χ3v) is 6.91. The zero-order chi connectivity index (χ0) is 24.9. The van der Waals surface area contributed by atoms with Crippen LogP contribution in [0.15, 0.2) is 66.0 Å². The second-order valence-electron chi connectivity index (χ2n) is 9.42. The molecule has 0 saturated carbocycles. The van der Waals surface area contributed by atoms with Crippen LogP contribution in [-0.2, 0) is 4.74 Å². The Bertz CT molecular complexity index is 1500. The van der Waals surface area contributed by atoms with Crippen molar-refractivity contribution in [1.29, 1.82) is 0 Å². The topological polar surface area (TPSA) is 110 Å². The van der Waals surface area contributed by atoms with Crippen LogP contribution in [-0.4, -0.2) is 52.4 Å². The molecule has 2 aliphatic heterocycles. The Hall–Kier alpha value is -3.95. The lowest BCUT2D eigenvalue weighted by atomic mass is 9.78. The molecule has 10 heteroatoms. The fourth-order valence-electron chi connectivity index (χ4n) is 4.57. The van der Waals surface area contributed by atoms with Gasteiger partial charge in [0.2, 0.25) is 0 Å². The van der Waals surface area contributed by atoms with Crippen LogP contribution in [0.2, 0.25) is 5.02 Å². The van der Waals surface area contributed by atoms with E-state index in [4.69, 9.17) is 22.1 Å². The number of nitrogens with one attached hydrogen (secondary N) is 1.